The molecule has 2 aromatic heterocycles. The number of amides is 2. The monoisotopic (exact) mass is 591 g/mol. The molecule has 0 saturated carbocycles. The van der Waals surface area contributed by atoms with Crippen molar-refractivity contribution in [2.75, 3.05) is 19.7 Å². The van der Waals surface area contributed by atoms with E-state index in [4.69, 9.17) is 4.74 Å². The predicted molar refractivity (Wildman–Crippen MR) is 138 cm³/mol. The van der Waals surface area contributed by atoms with Crippen molar-refractivity contribution in [3.8, 4) is 11.6 Å². The molecule has 14 heteroatoms. The van der Waals surface area contributed by atoms with Gasteiger partial charge < -0.3 is 15.4 Å². The smallest absolute Gasteiger partial charge is 0.435 e. The van der Waals surface area contributed by atoms with Gasteiger partial charge in [-0.05, 0) is 23.8 Å². The molecule has 2 amide bonds. The Morgan fingerprint density at radius 1 is 0.857 bits per heavy atom. The van der Waals surface area contributed by atoms with E-state index in [9.17, 15) is 35.9 Å². The third kappa shape index (κ3) is 8.08. The van der Waals surface area contributed by atoms with Gasteiger partial charge in [-0.15, -0.1) is 0 Å². The zero-order valence-corrected chi connectivity index (χ0v) is 21.7. The van der Waals surface area contributed by atoms with Crippen LogP contribution in [0.4, 0.5) is 26.3 Å². The second-order valence-electron chi connectivity index (χ2n) is 8.94. The Kier molecular flexibility index (Phi) is 9.13. The lowest BCUT2D eigenvalue weighted by molar-refractivity contribution is -0.154. The van der Waals surface area contributed by atoms with Crippen LogP contribution in [0.2, 0.25) is 0 Å². The molecule has 4 rings (SSSR count). The van der Waals surface area contributed by atoms with Gasteiger partial charge in [0.05, 0.1) is 16.8 Å². The van der Waals surface area contributed by atoms with Gasteiger partial charge in [-0.3, -0.25) is 9.59 Å². The first kappa shape index (κ1) is 30.1. The van der Waals surface area contributed by atoms with Crippen molar-refractivity contribution in [2.24, 2.45) is 0 Å². The average molecular weight is 592 g/mol. The van der Waals surface area contributed by atoms with E-state index in [0.717, 1.165) is 22.6 Å². The summed E-state index contributed by atoms with van der Waals surface area (Å²) < 4.78 is 84.5. The van der Waals surface area contributed by atoms with Gasteiger partial charge >= 0.3 is 12.4 Å². The maximum atomic E-state index is 13.5. The Bertz CT molecular complexity index is 1520. The molecule has 0 unspecified atom stereocenters. The summed E-state index contributed by atoms with van der Waals surface area (Å²) in [5, 5.41) is 8.33. The standard InChI is InChI=1S/C28H23F6N5O3/c29-27(30,31)17-42-26-19(13-18-7-3-1-4-8-18)14-20(15-37-26)24(40)35-11-12-36-25(41)22-16-39(21-9-5-2-6-10-21)38-23(22)28(32,33)34/h1-10,14-16H,11-13,17H2,(H,35,40)(H,36,41). The summed E-state index contributed by atoms with van der Waals surface area (Å²) in [6, 6.07) is 18.0. The van der Waals surface area contributed by atoms with Crippen LogP contribution in [0.25, 0.3) is 5.69 Å². The van der Waals surface area contributed by atoms with E-state index in [2.05, 4.69) is 20.7 Å². The van der Waals surface area contributed by atoms with Crippen LogP contribution in [0.5, 0.6) is 5.88 Å². The highest BCUT2D eigenvalue weighted by Crippen LogP contribution is 2.31. The van der Waals surface area contributed by atoms with E-state index in [1.54, 1.807) is 48.5 Å². The number of ether oxygens (including phenoxy) is 1. The summed E-state index contributed by atoms with van der Waals surface area (Å²) in [6.07, 6.45) is -7.33. The minimum absolute atomic E-state index is 0.00936. The highest BCUT2D eigenvalue weighted by molar-refractivity contribution is 5.96. The maximum absolute atomic E-state index is 13.5. The van der Waals surface area contributed by atoms with E-state index in [0.29, 0.717) is 5.69 Å². The van der Waals surface area contributed by atoms with Gasteiger partial charge in [0.1, 0.15) is 0 Å². The van der Waals surface area contributed by atoms with Gasteiger partial charge in [-0.25, -0.2) is 9.67 Å². The number of hydrogen-bond donors (Lipinski definition) is 2. The molecule has 220 valence electrons. The molecule has 0 radical (unpaired) electrons. The second kappa shape index (κ2) is 12.7. The van der Waals surface area contributed by atoms with Gasteiger partial charge in [0.2, 0.25) is 5.88 Å². The van der Waals surface area contributed by atoms with Crippen LogP contribution in [0.15, 0.2) is 79.1 Å². The van der Waals surface area contributed by atoms with E-state index < -0.39 is 42.0 Å². The Labute approximate surface area is 235 Å². The van der Waals surface area contributed by atoms with Crippen LogP contribution in [-0.2, 0) is 12.6 Å². The molecule has 42 heavy (non-hydrogen) atoms. The fourth-order valence-corrected chi connectivity index (χ4v) is 3.86. The molecule has 0 spiro atoms. The largest absolute Gasteiger partial charge is 0.468 e. The molecule has 2 heterocycles. The van der Waals surface area contributed by atoms with Gasteiger partial charge in [0.15, 0.2) is 12.3 Å². The molecule has 4 aromatic rings. The number of pyridine rings is 1. The number of benzene rings is 2. The van der Waals surface area contributed by atoms with Crippen LogP contribution < -0.4 is 15.4 Å². The van der Waals surface area contributed by atoms with Crippen LogP contribution in [-0.4, -0.2) is 52.5 Å². The first-order valence-electron chi connectivity index (χ1n) is 12.4. The van der Waals surface area contributed by atoms with E-state index in [1.165, 1.54) is 18.2 Å². The maximum Gasteiger partial charge on any atom is 0.435 e. The fraction of sp³-hybridized carbons (Fsp3) is 0.214. The lowest BCUT2D eigenvalue weighted by Gasteiger charge is -2.14. The van der Waals surface area contributed by atoms with Crippen LogP contribution in [0.3, 0.4) is 0 Å². The minimum atomic E-state index is -4.89. The lowest BCUT2D eigenvalue weighted by Crippen LogP contribution is -2.35. The zero-order chi connectivity index (χ0) is 30.3. The summed E-state index contributed by atoms with van der Waals surface area (Å²) in [5.41, 5.74) is -0.745. The number of carbonyl (C=O) groups is 2. The summed E-state index contributed by atoms with van der Waals surface area (Å²) in [5.74, 6) is -1.99. The van der Waals surface area contributed by atoms with Crippen molar-refractivity contribution < 1.29 is 40.7 Å². The quantitative estimate of drug-likeness (QED) is 0.200. The number of para-hydroxylation sites is 1. The van der Waals surface area contributed by atoms with Gasteiger partial charge in [-0.1, -0.05) is 48.5 Å². The number of halogens is 6. The highest BCUT2D eigenvalue weighted by atomic mass is 19.4. The number of aromatic nitrogens is 3. The highest BCUT2D eigenvalue weighted by Gasteiger charge is 2.39. The molecular formula is C28H23F6N5O3. The van der Waals surface area contributed by atoms with E-state index >= 15 is 0 Å². The summed E-state index contributed by atoms with van der Waals surface area (Å²) in [4.78, 5) is 29.2. The molecule has 0 atom stereocenters. The Balaban J connectivity index is 1.40. The molecule has 0 fully saturated rings. The first-order chi connectivity index (χ1) is 19.9. The molecule has 0 saturated heterocycles. The van der Waals surface area contributed by atoms with Crippen LogP contribution in [0.1, 0.15) is 37.5 Å². The van der Waals surface area contributed by atoms with E-state index in [-0.39, 0.29) is 36.5 Å². The Hall–Kier alpha value is -4.88. The summed E-state index contributed by atoms with van der Waals surface area (Å²) in [6.45, 7) is -1.96. The molecule has 8 nitrogen and oxygen atoms in total. The van der Waals surface area contributed by atoms with Gasteiger partial charge in [0.25, 0.3) is 11.8 Å². The molecular weight excluding hydrogens is 568 g/mol. The Morgan fingerprint density at radius 3 is 2.10 bits per heavy atom. The molecule has 2 aromatic carbocycles. The molecule has 2 N–H and O–H groups in total. The molecule has 0 bridgehead atoms. The Morgan fingerprint density at radius 2 is 1.48 bits per heavy atom. The number of hydrogen-bond acceptors (Lipinski definition) is 5. The number of rotatable bonds is 10. The number of nitrogens with one attached hydrogen (secondary N) is 2. The number of alkyl halides is 6. The average Bonchev–Trinajstić information content (AvgIpc) is 3.42. The minimum Gasteiger partial charge on any atom is -0.468 e. The summed E-state index contributed by atoms with van der Waals surface area (Å²) in [7, 11) is 0. The summed E-state index contributed by atoms with van der Waals surface area (Å²) >= 11 is 0. The van der Waals surface area contributed by atoms with Crippen molar-refractivity contribution in [3.05, 3.63) is 107 Å². The second-order valence-corrected chi connectivity index (χ2v) is 8.94. The third-order valence-electron chi connectivity index (χ3n) is 5.74. The van der Waals surface area contributed by atoms with Crippen LogP contribution >= 0.6 is 0 Å². The number of nitrogens with zero attached hydrogens (tertiary/aromatic N) is 3. The van der Waals surface area contributed by atoms with Crippen molar-refractivity contribution in [1.29, 1.82) is 0 Å². The van der Waals surface area contributed by atoms with E-state index in [1.807, 2.05) is 0 Å². The third-order valence-corrected chi connectivity index (χ3v) is 5.74. The molecule has 0 aliphatic heterocycles. The molecule has 0 aliphatic carbocycles. The molecule has 0 aliphatic rings. The van der Waals surface area contributed by atoms with Crippen molar-refractivity contribution in [3.63, 3.8) is 0 Å². The number of carbonyl (C=O) groups excluding carboxylic acids is 2. The lowest BCUT2D eigenvalue weighted by atomic mass is 10.0. The predicted octanol–water partition coefficient (Wildman–Crippen LogP) is 4.98. The van der Waals surface area contributed by atoms with Crippen LogP contribution in [0, 0.1) is 0 Å². The topological polar surface area (TPSA) is 98.1 Å². The van der Waals surface area contributed by atoms with Gasteiger partial charge in [0, 0.05) is 37.5 Å². The van der Waals surface area contributed by atoms with Crippen molar-refractivity contribution in [1.82, 2.24) is 25.4 Å². The van der Waals surface area contributed by atoms with Gasteiger partial charge in [-0.2, -0.15) is 31.4 Å². The first-order valence-corrected chi connectivity index (χ1v) is 12.4. The SMILES string of the molecule is O=C(NCCNC(=O)c1cn(-c2ccccc2)nc1C(F)(F)F)c1cnc(OCC(F)(F)F)c(Cc2ccccc2)c1. The van der Waals surface area contributed by atoms with Crippen molar-refractivity contribution in [2.45, 2.75) is 18.8 Å². The normalized spacial score (nSPS) is 11.7. The van der Waals surface area contributed by atoms with Crippen molar-refractivity contribution >= 4 is 11.8 Å². The fourth-order valence-electron chi connectivity index (χ4n) is 3.86. The zero-order valence-electron chi connectivity index (χ0n) is 21.7.